The van der Waals surface area contributed by atoms with Crippen LogP contribution in [0.2, 0.25) is 0 Å². The second kappa shape index (κ2) is 6.42. The highest BCUT2D eigenvalue weighted by Crippen LogP contribution is 2.46. The van der Waals surface area contributed by atoms with Gasteiger partial charge >= 0.3 is 6.36 Å². The van der Waals surface area contributed by atoms with Crippen molar-refractivity contribution < 1.29 is 17.9 Å². The van der Waals surface area contributed by atoms with Crippen molar-refractivity contribution in [1.29, 1.82) is 0 Å². The first-order valence-corrected chi connectivity index (χ1v) is 7.08. The molecule has 1 fully saturated rings. The summed E-state index contributed by atoms with van der Waals surface area (Å²) in [5.41, 5.74) is 2.22. The van der Waals surface area contributed by atoms with Crippen LogP contribution < -0.4 is 10.1 Å². The predicted molar refractivity (Wildman–Crippen MR) is 85.8 cm³/mol. The van der Waals surface area contributed by atoms with Gasteiger partial charge in [0.15, 0.2) is 0 Å². The van der Waals surface area contributed by atoms with E-state index in [0.717, 1.165) is 24.0 Å². The summed E-state index contributed by atoms with van der Waals surface area (Å²) >= 11 is 0. The minimum atomic E-state index is -4.70. The fourth-order valence-corrected chi connectivity index (χ4v) is 2.71. The first kappa shape index (κ1) is 17.6. The summed E-state index contributed by atoms with van der Waals surface area (Å²) in [6, 6.07) is 13.8. The average molecular weight is 344 g/mol. The second-order valence-electron chi connectivity index (χ2n) is 5.46. The van der Waals surface area contributed by atoms with Gasteiger partial charge in [-0.15, -0.1) is 25.6 Å². The van der Waals surface area contributed by atoms with Crippen LogP contribution in [0.5, 0.6) is 5.75 Å². The molecule has 0 atom stereocenters. The smallest absolute Gasteiger partial charge is 0.405 e. The van der Waals surface area contributed by atoms with Crippen LogP contribution in [0.1, 0.15) is 18.4 Å². The predicted octanol–water partition coefficient (Wildman–Crippen LogP) is 4.88. The van der Waals surface area contributed by atoms with Crippen LogP contribution in [0.25, 0.3) is 11.1 Å². The summed E-state index contributed by atoms with van der Waals surface area (Å²) in [4.78, 5) is 0. The maximum atomic E-state index is 12.5. The molecule has 0 unspecified atom stereocenters. The second-order valence-corrected chi connectivity index (χ2v) is 5.46. The Hall–Kier alpha value is -1.72. The summed E-state index contributed by atoms with van der Waals surface area (Å²) in [5, 5.41) is 3.29. The molecule has 0 saturated heterocycles. The lowest BCUT2D eigenvalue weighted by molar-refractivity contribution is -0.274. The Morgan fingerprint density at radius 3 is 2.35 bits per heavy atom. The fraction of sp³-hybridized carbons (Fsp3) is 0.294. The zero-order valence-corrected chi connectivity index (χ0v) is 13.3. The molecular formula is C17H17ClF3NO. The molecule has 1 N–H and O–H groups in total. The molecule has 0 amide bonds. The number of para-hydroxylation sites is 1. The Bertz CT molecular complexity index is 684. The molecule has 23 heavy (non-hydrogen) atoms. The van der Waals surface area contributed by atoms with Gasteiger partial charge in [-0.05, 0) is 43.1 Å². The van der Waals surface area contributed by atoms with E-state index in [4.69, 9.17) is 0 Å². The number of hydrogen-bond donors (Lipinski definition) is 1. The van der Waals surface area contributed by atoms with Crippen LogP contribution in [-0.4, -0.2) is 13.4 Å². The molecule has 124 valence electrons. The van der Waals surface area contributed by atoms with Gasteiger partial charge in [-0.2, -0.15) is 0 Å². The minimum absolute atomic E-state index is 0. The number of rotatable bonds is 4. The molecule has 3 rings (SSSR count). The summed E-state index contributed by atoms with van der Waals surface area (Å²) in [5.74, 6) is -0.179. The molecule has 2 aromatic rings. The van der Waals surface area contributed by atoms with Gasteiger partial charge < -0.3 is 10.1 Å². The molecule has 0 heterocycles. The maximum absolute atomic E-state index is 12.5. The van der Waals surface area contributed by atoms with Crippen molar-refractivity contribution in [3.8, 4) is 16.9 Å². The molecule has 1 aliphatic carbocycles. The molecule has 1 saturated carbocycles. The molecule has 0 spiro atoms. The third kappa shape index (κ3) is 3.79. The van der Waals surface area contributed by atoms with Gasteiger partial charge in [-0.1, -0.05) is 36.4 Å². The maximum Gasteiger partial charge on any atom is 0.573 e. The summed E-state index contributed by atoms with van der Waals surface area (Å²) in [7, 11) is 1.90. The highest BCUT2D eigenvalue weighted by molar-refractivity contribution is 5.85. The Kier molecular flexibility index (Phi) is 4.92. The van der Waals surface area contributed by atoms with Crippen molar-refractivity contribution in [2.45, 2.75) is 24.7 Å². The Labute approximate surface area is 139 Å². The highest BCUT2D eigenvalue weighted by atomic mass is 35.5. The molecule has 1 aliphatic rings. The lowest BCUT2D eigenvalue weighted by Gasteiger charge is -2.17. The summed E-state index contributed by atoms with van der Waals surface area (Å²) in [6.07, 6.45) is -2.63. The van der Waals surface area contributed by atoms with Gasteiger partial charge in [0, 0.05) is 11.1 Å². The van der Waals surface area contributed by atoms with Crippen LogP contribution >= 0.6 is 12.4 Å². The standard InChI is InChI=1S/C17H16F3NO.ClH/c1-21-16(9-10-16)13-6-4-5-12(11-13)14-7-2-3-8-15(14)22-17(18,19)20;/h2-8,11,21H,9-10H2,1H3;1H. The van der Waals surface area contributed by atoms with Crippen molar-refractivity contribution in [3.63, 3.8) is 0 Å². The molecule has 0 bridgehead atoms. The SMILES string of the molecule is CNC1(c2cccc(-c3ccccc3OC(F)(F)F)c2)CC1.Cl. The van der Waals surface area contributed by atoms with E-state index in [1.807, 2.05) is 25.2 Å². The largest absolute Gasteiger partial charge is 0.573 e. The van der Waals surface area contributed by atoms with E-state index in [1.165, 1.54) is 12.1 Å². The lowest BCUT2D eigenvalue weighted by atomic mass is 9.97. The topological polar surface area (TPSA) is 21.3 Å². The quantitative estimate of drug-likeness (QED) is 0.854. The zero-order valence-electron chi connectivity index (χ0n) is 12.5. The lowest BCUT2D eigenvalue weighted by Crippen LogP contribution is -2.24. The van der Waals surface area contributed by atoms with E-state index in [-0.39, 0.29) is 23.7 Å². The minimum Gasteiger partial charge on any atom is -0.405 e. The van der Waals surface area contributed by atoms with E-state index in [2.05, 4.69) is 10.1 Å². The summed E-state index contributed by atoms with van der Waals surface area (Å²) in [6.45, 7) is 0. The van der Waals surface area contributed by atoms with Crippen molar-refractivity contribution in [3.05, 3.63) is 54.1 Å². The monoisotopic (exact) mass is 343 g/mol. The fourth-order valence-electron chi connectivity index (χ4n) is 2.71. The van der Waals surface area contributed by atoms with E-state index >= 15 is 0 Å². The van der Waals surface area contributed by atoms with Crippen molar-refractivity contribution in [1.82, 2.24) is 5.32 Å². The highest BCUT2D eigenvalue weighted by Gasteiger charge is 2.42. The number of nitrogens with one attached hydrogen (secondary N) is 1. The van der Waals surface area contributed by atoms with Crippen LogP contribution in [0.15, 0.2) is 48.5 Å². The number of benzene rings is 2. The van der Waals surface area contributed by atoms with Crippen LogP contribution in [-0.2, 0) is 5.54 Å². The van der Waals surface area contributed by atoms with Crippen molar-refractivity contribution in [2.75, 3.05) is 7.05 Å². The third-order valence-corrected chi connectivity index (χ3v) is 4.07. The number of hydrogen-bond acceptors (Lipinski definition) is 2. The molecule has 0 aromatic heterocycles. The first-order chi connectivity index (χ1) is 10.4. The molecule has 0 radical (unpaired) electrons. The average Bonchev–Trinajstić information content (AvgIpc) is 3.27. The Balaban J connectivity index is 0.00000192. The summed E-state index contributed by atoms with van der Waals surface area (Å²) < 4.78 is 41.8. The van der Waals surface area contributed by atoms with E-state index in [0.29, 0.717) is 5.56 Å². The van der Waals surface area contributed by atoms with E-state index in [9.17, 15) is 13.2 Å². The van der Waals surface area contributed by atoms with Gasteiger partial charge in [0.05, 0.1) is 0 Å². The molecule has 2 aromatic carbocycles. The van der Waals surface area contributed by atoms with Gasteiger partial charge in [0.25, 0.3) is 0 Å². The van der Waals surface area contributed by atoms with Crippen molar-refractivity contribution >= 4 is 12.4 Å². The Morgan fingerprint density at radius 1 is 1.04 bits per heavy atom. The van der Waals surface area contributed by atoms with Crippen LogP contribution in [0, 0.1) is 0 Å². The third-order valence-electron chi connectivity index (χ3n) is 4.07. The molecule has 0 aliphatic heterocycles. The first-order valence-electron chi connectivity index (χ1n) is 7.08. The van der Waals surface area contributed by atoms with Crippen molar-refractivity contribution in [2.24, 2.45) is 0 Å². The molecule has 2 nitrogen and oxygen atoms in total. The van der Waals surface area contributed by atoms with Gasteiger partial charge in [-0.3, -0.25) is 0 Å². The number of halogens is 4. The number of alkyl halides is 3. The molecular weight excluding hydrogens is 327 g/mol. The number of ether oxygens (including phenoxy) is 1. The van der Waals surface area contributed by atoms with Crippen LogP contribution in [0.3, 0.4) is 0 Å². The van der Waals surface area contributed by atoms with Gasteiger partial charge in [-0.25, -0.2) is 0 Å². The zero-order chi connectivity index (χ0) is 15.8. The normalized spacial score (nSPS) is 15.7. The van der Waals surface area contributed by atoms with Gasteiger partial charge in [0.1, 0.15) is 5.75 Å². The van der Waals surface area contributed by atoms with Crippen LogP contribution in [0.4, 0.5) is 13.2 Å². The van der Waals surface area contributed by atoms with E-state index < -0.39 is 6.36 Å². The molecule has 6 heteroatoms. The van der Waals surface area contributed by atoms with E-state index in [1.54, 1.807) is 18.2 Å². The van der Waals surface area contributed by atoms with Gasteiger partial charge in [0.2, 0.25) is 0 Å². The Morgan fingerprint density at radius 2 is 1.74 bits per heavy atom.